The van der Waals surface area contributed by atoms with Gasteiger partial charge in [-0.1, -0.05) is 61.4 Å². The van der Waals surface area contributed by atoms with Gasteiger partial charge < -0.3 is 14.8 Å². The van der Waals surface area contributed by atoms with Gasteiger partial charge in [0.2, 0.25) is 0 Å². The second-order valence-corrected chi connectivity index (χ2v) is 10.1. The van der Waals surface area contributed by atoms with Gasteiger partial charge in [-0.3, -0.25) is 14.5 Å². The fraction of sp³-hybridized carbons (Fsp3) is 0.346. The molecule has 178 valence electrons. The van der Waals surface area contributed by atoms with E-state index in [2.05, 4.69) is 5.32 Å². The van der Waals surface area contributed by atoms with Crippen molar-refractivity contribution in [2.45, 2.75) is 45.1 Å². The van der Waals surface area contributed by atoms with E-state index in [0.29, 0.717) is 20.7 Å². The third-order valence-corrected chi connectivity index (χ3v) is 7.24. The highest BCUT2D eigenvalue weighted by Gasteiger charge is 2.37. The van der Waals surface area contributed by atoms with Gasteiger partial charge in [-0.05, 0) is 61.2 Å². The number of rotatable bonds is 7. The summed E-state index contributed by atoms with van der Waals surface area (Å²) in [4.78, 5) is 27.7. The minimum atomic E-state index is -0.261. The number of aryl methyl sites for hydroxylation is 1. The number of thiocarbonyl (C=S) groups is 1. The first-order chi connectivity index (χ1) is 16.4. The van der Waals surface area contributed by atoms with Crippen molar-refractivity contribution in [2.24, 2.45) is 0 Å². The van der Waals surface area contributed by atoms with E-state index in [-0.39, 0.29) is 24.5 Å². The summed E-state index contributed by atoms with van der Waals surface area (Å²) < 4.78 is 11.8. The standard InChI is InChI=1S/C26H28N2O4S2/c1-17-7-6-8-19(13-17)27-24(29)16-32-21-12-11-18(14-22(21)31-2)15-23-25(30)28(26(33)34-23)20-9-4-3-5-10-20/h6-8,11-15,20H,3-5,9-10,16H2,1-2H3,(H,27,29)/b23-15-. The van der Waals surface area contributed by atoms with Crippen molar-refractivity contribution >= 4 is 51.9 Å². The Morgan fingerprint density at radius 3 is 2.71 bits per heavy atom. The first-order valence-electron chi connectivity index (χ1n) is 11.4. The summed E-state index contributed by atoms with van der Waals surface area (Å²) in [5.74, 6) is 0.658. The molecule has 0 bridgehead atoms. The lowest BCUT2D eigenvalue weighted by atomic mass is 9.94. The largest absolute Gasteiger partial charge is 0.493 e. The molecule has 8 heteroatoms. The number of nitrogens with one attached hydrogen (secondary N) is 1. The summed E-state index contributed by atoms with van der Waals surface area (Å²) in [5, 5.41) is 2.82. The molecular weight excluding hydrogens is 468 g/mol. The summed E-state index contributed by atoms with van der Waals surface area (Å²) in [5.41, 5.74) is 2.59. The number of nitrogens with zero attached hydrogens (tertiary/aromatic N) is 1. The van der Waals surface area contributed by atoms with Gasteiger partial charge in [0, 0.05) is 11.7 Å². The minimum absolute atomic E-state index is 0.0194. The SMILES string of the molecule is COc1cc(/C=C2\SC(=S)N(C3CCCCC3)C2=O)ccc1OCC(=O)Nc1cccc(C)c1. The van der Waals surface area contributed by atoms with E-state index in [1.807, 2.05) is 43.3 Å². The molecular formula is C26H28N2O4S2. The molecule has 1 saturated carbocycles. The maximum Gasteiger partial charge on any atom is 0.266 e. The van der Waals surface area contributed by atoms with Crippen LogP contribution >= 0.6 is 24.0 Å². The molecule has 1 N–H and O–H groups in total. The Hall–Kier alpha value is -2.84. The van der Waals surface area contributed by atoms with E-state index in [1.54, 1.807) is 24.1 Å². The first kappa shape index (κ1) is 24.3. The highest BCUT2D eigenvalue weighted by atomic mass is 32.2. The zero-order chi connectivity index (χ0) is 24.1. The average Bonchev–Trinajstić information content (AvgIpc) is 3.11. The van der Waals surface area contributed by atoms with Crippen LogP contribution < -0.4 is 14.8 Å². The van der Waals surface area contributed by atoms with Crippen molar-refractivity contribution in [3.63, 3.8) is 0 Å². The third-order valence-electron chi connectivity index (χ3n) is 5.91. The van der Waals surface area contributed by atoms with Gasteiger partial charge in [-0.2, -0.15) is 0 Å². The average molecular weight is 497 g/mol. The smallest absolute Gasteiger partial charge is 0.266 e. The number of anilines is 1. The molecule has 34 heavy (non-hydrogen) atoms. The normalized spacial score (nSPS) is 17.8. The molecule has 2 aromatic carbocycles. The van der Waals surface area contributed by atoms with Gasteiger partial charge in [-0.15, -0.1) is 0 Å². The van der Waals surface area contributed by atoms with Crippen molar-refractivity contribution in [2.75, 3.05) is 19.0 Å². The van der Waals surface area contributed by atoms with Gasteiger partial charge in [0.25, 0.3) is 11.8 Å². The van der Waals surface area contributed by atoms with Crippen molar-refractivity contribution < 1.29 is 19.1 Å². The fourth-order valence-electron chi connectivity index (χ4n) is 4.24. The second kappa shape index (κ2) is 11.1. The molecule has 2 aliphatic rings. The summed E-state index contributed by atoms with van der Waals surface area (Å²) in [7, 11) is 1.54. The molecule has 1 aliphatic carbocycles. The van der Waals surface area contributed by atoms with Crippen molar-refractivity contribution in [3.05, 3.63) is 58.5 Å². The molecule has 0 atom stereocenters. The van der Waals surface area contributed by atoms with Gasteiger partial charge >= 0.3 is 0 Å². The molecule has 1 heterocycles. The van der Waals surface area contributed by atoms with Crippen molar-refractivity contribution in [1.29, 1.82) is 0 Å². The first-order valence-corrected chi connectivity index (χ1v) is 12.6. The van der Waals surface area contributed by atoms with Crippen molar-refractivity contribution in [1.82, 2.24) is 4.90 Å². The second-order valence-electron chi connectivity index (χ2n) is 8.46. The van der Waals surface area contributed by atoms with Gasteiger partial charge in [0.1, 0.15) is 4.32 Å². The molecule has 2 amide bonds. The molecule has 4 rings (SSSR count). The maximum atomic E-state index is 13.0. The number of hydrogen-bond donors (Lipinski definition) is 1. The number of ether oxygens (including phenoxy) is 2. The Labute approximate surface area is 209 Å². The van der Waals surface area contributed by atoms with Crippen LogP contribution in [0.3, 0.4) is 0 Å². The lowest BCUT2D eigenvalue weighted by molar-refractivity contribution is -0.124. The number of carbonyl (C=O) groups is 2. The number of benzene rings is 2. The quantitative estimate of drug-likeness (QED) is 0.400. The van der Waals surface area contributed by atoms with Gasteiger partial charge in [0.05, 0.1) is 12.0 Å². The topological polar surface area (TPSA) is 67.9 Å². The number of methoxy groups -OCH3 is 1. The number of amides is 2. The van der Waals surface area contributed by atoms with Crippen molar-refractivity contribution in [3.8, 4) is 11.5 Å². The number of hydrogen-bond acceptors (Lipinski definition) is 6. The lowest BCUT2D eigenvalue weighted by Crippen LogP contribution is -2.39. The van der Waals surface area contributed by atoms with Crippen LogP contribution in [0.25, 0.3) is 6.08 Å². The van der Waals surface area contributed by atoms with Crippen LogP contribution in [0.5, 0.6) is 11.5 Å². The molecule has 0 spiro atoms. The van der Waals surface area contributed by atoms with Crippen LogP contribution in [0.1, 0.15) is 43.2 Å². The van der Waals surface area contributed by atoms with Gasteiger partial charge in [-0.25, -0.2) is 0 Å². The Kier molecular flexibility index (Phi) is 7.90. The Morgan fingerprint density at radius 1 is 1.18 bits per heavy atom. The van der Waals surface area contributed by atoms with E-state index in [4.69, 9.17) is 21.7 Å². The summed E-state index contributed by atoms with van der Waals surface area (Å²) in [6.45, 7) is 1.82. The minimum Gasteiger partial charge on any atom is -0.493 e. The zero-order valence-corrected chi connectivity index (χ0v) is 21.0. The van der Waals surface area contributed by atoms with Crippen LogP contribution in [0.2, 0.25) is 0 Å². The molecule has 0 radical (unpaired) electrons. The predicted molar refractivity (Wildman–Crippen MR) is 140 cm³/mol. The fourth-order valence-corrected chi connectivity index (χ4v) is 5.64. The summed E-state index contributed by atoms with van der Waals surface area (Å²) in [6, 6.07) is 13.2. The van der Waals surface area contributed by atoms with E-state index < -0.39 is 0 Å². The molecule has 0 unspecified atom stereocenters. The molecule has 1 saturated heterocycles. The summed E-state index contributed by atoms with van der Waals surface area (Å²) in [6.07, 6.45) is 7.36. The zero-order valence-electron chi connectivity index (χ0n) is 19.3. The van der Waals surface area contributed by atoms with Crippen LogP contribution in [0, 0.1) is 6.92 Å². The Bertz CT molecular complexity index is 1130. The Morgan fingerprint density at radius 2 is 1.97 bits per heavy atom. The van der Waals surface area contributed by atoms with E-state index in [9.17, 15) is 9.59 Å². The maximum absolute atomic E-state index is 13.0. The predicted octanol–water partition coefficient (Wildman–Crippen LogP) is 5.56. The lowest BCUT2D eigenvalue weighted by Gasteiger charge is -2.29. The third kappa shape index (κ3) is 5.80. The number of carbonyl (C=O) groups excluding carboxylic acids is 2. The molecule has 2 aromatic rings. The van der Waals surface area contributed by atoms with Gasteiger partial charge in [0.15, 0.2) is 18.1 Å². The van der Waals surface area contributed by atoms with Crippen LogP contribution in [-0.2, 0) is 9.59 Å². The van der Waals surface area contributed by atoms with Crippen LogP contribution in [0.4, 0.5) is 5.69 Å². The molecule has 1 aliphatic heterocycles. The highest BCUT2D eigenvalue weighted by Crippen LogP contribution is 2.38. The van der Waals surface area contributed by atoms with Crippen LogP contribution in [0.15, 0.2) is 47.4 Å². The van der Waals surface area contributed by atoms with E-state index in [1.165, 1.54) is 18.2 Å². The Balaban J connectivity index is 1.41. The molecule has 0 aromatic heterocycles. The summed E-state index contributed by atoms with van der Waals surface area (Å²) >= 11 is 6.87. The van der Waals surface area contributed by atoms with E-state index in [0.717, 1.165) is 42.5 Å². The number of thioether (sulfide) groups is 1. The monoisotopic (exact) mass is 496 g/mol. The highest BCUT2D eigenvalue weighted by molar-refractivity contribution is 8.26. The molecule has 2 fully saturated rings. The molecule has 6 nitrogen and oxygen atoms in total. The van der Waals surface area contributed by atoms with E-state index >= 15 is 0 Å². The van der Waals surface area contributed by atoms with Crippen LogP contribution in [-0.4, -0.2) is 40.8 Å².